The predicted molar refractivity (Wildman–Crippen MR) is 135 cm³/mol. The van der Waals surface area contributed by atoms with Crippen molar-refractivity contribution in [3.63, 3.8) is 0 Å². The minimum Gasteiger partial charge on any atom is -0.306 e. The van der Waals surface area contributed by atoms with Crippen LogP contribution in [0.3, 0.4) is 0 Å². The van der Waals surface area contributed by atoms with E-state index in [-0.39, 0.29) is 11.7 Å². The Morgan fingerprint density at radius 3 is 2.33 bits per heavy atom. The maximum Gasteiger partial charge on any atom is 0.326 e. The molecule has 1 atom stereocenters. The number of piperazine rings is 1. The number of imidazole rings is 1. The lowest BCUT2D eigenvalue weighted by molar-refractivity contribution is 0.108. The largest absolute Gasteiger partial charge is 0.326 e. The summed E-state index contributed by atoms with van der Waals surface area (Å²) in [5, 5.41) is 0.777. The first-order valence-electron chi connectivity index (χ1n) is 11.6. The first-order valence-corrected chi connectivity index (χ1v) is 12.0. The van der Waals surface area contributed by atoms with Gasteiger partial charge < -0.3 is 9.88 Å². The topological polar surface area (TPSA) is 44.3 Å². The molecule has 0 saturated carbocycles. The number of rotatable bonds is 7. The zero-order chi connectivity index (χ0) is 22.6. The molecule has 170 valence electrons. The number of halogens is 1. The van der Waals surface area contributed by atoms with Gasteiger partial charge in [-0.15, -0.1) is 0 Å². The molecule has 0 amide bonds. The van der Waals surface area contributed by atoms with Gasteiger partial charge in [0.2, 0.25) is 0 Å². The zero-order valence-electron chi connectivity index (χ0n) is 18.7. The lowest BCUT2D eigenvalue weighted by Crippen LogP contribution is -2.48. The van der Waals surface area contributed by atoms with E-state index in [1.807, 2.05) is 41.0 Å². The van der Waals surface area contributed by atoms with Gasteiger partial charge in [0.1, 0.15) is 0 Å². The van der Waals surface area contributed by atoms with Gasteiger partial charge in [-0.05, 0) is 48.4 Å². The van der Waals surface area contributed by atoms with Crippen LogP contribution in [-0.2, 0) is 6.54 Å². The van der Waals surface area contributed by atoms with E-state index in [0.717, 1.165) is 61.7 Å². The van der Waals surface area contributed by atoms with Crippen molar-refractivity contribution in [1.29, 1.82) is 0 Å². The van der Waals surface area contributed by atoms with Gasteiger partial charge in [-0.25, -0.2) is 4.79 Å². The number of benzene rings is 3. The van der Waals surface area contributed by atoms with Crippen LogP contribution in [0.15, 0.2) is 83.7 Å². The molecule has 0 bridgehead atoms. The van der Waals surface area contributed by atoms with E-state index >= 15 is 0 Å². The van der Waals surface area contributed by atoms with Crippen LogP contribution in [-0.4, -0.2) is 52.1 Å². The van der Waals surface area contributed by atoms with Crippen LogP contribution in [0, 0.1) is 0 Å². The summed E-state index contributed by atoms with van der Waals surface area (Å²) in [4.78, 5) is 20.3. The van der Waals surface area contributed by atoms with Gasteiger partial charge in [-0.2, -0.15) is 0 Å². The second-order valence-electron chi connectivity index (χ2n) is 8.70. The van der Waals surface area contributed by atoms with Crippen molar-refractivity contribution < 1.29 is 0 Å². The molecule has 1 aliphatic rings. The smallest absolute Gasteiger partial charge is 0.306 e. The van der Waals surface area contributed by atoms with Crippen LogP contribution in [0.5, 0.6) is 0 Å². The highest BCUT2D eigenvalue weighted by Gasteiger charge is 2.26. The van der Waals surface area contributed by atoms with Crippen molar-refractivity contribution in [2.24, 2.45) is 0 Å². The van der Waals surface area contributed by atoms with Gasteiger partial charge >= 0.3 is 5.69 Å². The molecule has 3 aromatic carbocycles. The number of aromatic amines is 1. The summed E-state index contributed by atoms with van der Waals surface area (Å²) in [7, 11) is 0. The number of fused-ring (bicyclic) bond motifs is 1. The SMILES string of the molecule is O=c1[nH]c2ccccc2n1CCCN1CCN(C(c2ccccc2)c2cccc(Cl)c2)CC1. The molecule has 2 heterocycles. The number of hydrogen-bond acceptors (Lipinski definition) is 3. The van der Waals surface area contributed by atoms with E-state index in [2.05, 4.69) is 57.2 Å². The standard InChI is InChI=1S/C27H29ClN4O/c28-23-11-6-10-22(20-23)26(21-8-2-1-3-9-21)31-18-16-30(17-19-31)14-7-15-32-25-13-5-4-12-24(25)29-27(32)33/h1-6,8-13,20,26H,7,14-19H2,(H,29,33). The highest BCUT2D eigenvalue weighted by Crippen LogP contribution is 2.31. The number of para-hydroxylation sites is 2. The van der Waals surface area contributed by atoms with E-state index < -0.39 is 0 Å². The summed E-state index contributed by atoms with van der Waals surface area (Å²) < 4.78 is 1.86. The second-order valence-corrected chi connectivity index (χ2v) is 9.13. The van der Waals surface area contributed by atoms with Crippen LogP contribution in [0.4, 0.5) is 0 Å². The number of nitrogens with zero attached hydrogens (tertiary/aromatic N) is 3. The van der Waals surface area contributed by atoms with E-state index in [0.29, 0.717) is 0 Å². The molecule has 4 aromatic rings. The second kappa shape index (κ2) is 9.96. The quantitative estimate of drug-likeness (QED) is 0.431. The Labute approximate surface area is 199 Å². The Bertz CT molecular complexity index is 1260. The molecular formula is C27H29ClN4O. The van der Waals surface area contributed by atoms with Crippen molar-refractivity contribution in [1.82, 2.24) is 19.4 Å². The molecule has 0 spiro atoms. The normalized spacial score (nSPS) is 16.3. The van der Waals surface area contributed by atoms with Crippen LogP contribution in [0.25, 0.3) is 11.0 Å². The Hall–Kier alpha value is -2.86. The summed E-state index contributed by atoms with van der Waals surface area (Å²) in [6, 6.07) is 27.0. The van der Waals surface area contributed by atoms with Crippen molar-refractivity contribution >= 4 is 22.6 Å². The first kappa shape index (κ1) is 22.0. The van der Waals surface area contributed by atoms with Gasteiger partial charge in [0.15, 0.2) is 0 Å². The molecule has 1 aromatic heterocycles. The Balaban J connectivity index is 1.22. The molecule has 1 fully saturated rings. The Morgan fingerprint density at radius 2 is 1.55 bits per heavy atom. The molecular weight excluding hydrogens is 432 g/mol. The molecule has 1 saturated heterocycles. The molecule has 0 aliphatic carbocycles. The highest BCUT2D eigenvalue weighted by molar-refractivity contribution is 6.30. The molecule has 5 nitrogen and oxygen atoms in total. The summed E-state index contributed by atoms with van der Waals surface area (Å²) in [5.41, 5.74) is 4.41. The van der Waals surface area contributed by atoms with Crippen molar-refractivity contribution in [3.8, 4) is 0 Å². The maximum absolute atomic E-state index is 12.3. The predicted octanol–water partition coefficient (Wildman–Crippen LogP) is 4.78. The number of nitrogens with one attached hydrogen (secondary N) is 1. The van der Waals surface area contributed by atoms with E-state index in [1.165, 1.54) is 11.1 Å². The third-order valence-electron chi connectivity index (χ3n) is 6.59. The minimum atomic E-state index is -0.0201. The van der Waals surface area contributed by atoms with Gasteiger partial charge in [0, 0.05) is 37.7 Å². The Kier molecular flexibility index (Phi) is 6.63. The third-order valence-corrected chi connectivity index (χ3v) is 6.82. The first-order chi connectivity index (χ1) is 16.2. The van der Waals surface area contributed by atoms with Gasteiger partial charge in [-0.3, -0.25) is 9.47 Å². The minimum absolute atomic E-state index is 0.0201. The summed E-state index contributed by atoms with van der Waals surface area (Å²) in [5.74, 6) is 0. The molecule has 1 unspecified atom stereocenters. The van der Waals surface area contributed by atoms with Gasteiger partial charge in [0.05, 0.1) is 17.1 Å². The molecule has 1 N–H and O–H groups in total. The van der Waals surface area contributed by atoms with Crippen molar-refractivity contribution in [2.75, 3.05) is 32.7 Å². The molecule has 1 aliphatic heterocycles. The Morgan fingerprint density at radius 1 is 0.818 bits per heavy atom. The fraction of sp³-hybridized carbons (Fsp3) is 0.296. The van der Waals surface area contributed by atoms with Crippen LogP contribution in [0.1, 0.15) is 23.6 Å². The third kappa shape index (κ3) is 4.91. The monoisotopic (exact) mass is 460 g/mol. The van der Waals surface area contributed by atoms with Crippen LogP contribution < -0.4 is 5.69 Å². The molecule has 0 radical (unpaired) electrons. The fourth-order valence-electron chi connectivity index (χ4n) is 4.95. The summed E-state index contributed by atoms with van der Waals surface area (Å²) in [6.45, 7) is 5.77. The maximum atomic E-state index is 12.3. The number of aromatic nitrogens is 2. The average molecular weight is 461 g/mol. The van der Waals surface area contributed by atoms with E-state index in [1.54, 1.807) is 0 Å². The molecule has 5 rings (SSSR count). The molecule has 33 heavy (non-hydrogen) atoms. The van der Waals surface area contributed by atoms with Crippen molar-refractivity contribution in [3.05, 3.63) is 105 Å². The number of hydrogen-bond donors (Lipinski definition) is 1. The molecule has 6 heteroatoms. The van der Waals surface area contributed by atoms with Crippen LogP contribution >= 0.6 is 11.6 Å². The average Bonchev–Trinajstić information content (AvgIpc) is 3.16. The lowest BCUT2D eigenvalue weighted by Gasteiger charge is -2.40. The zero-order valence-corrected chi connectivity index (χ0v) is 19.4. The van der Waals surface area contributed by atoms with E-state index in [4.69, 9.17) is 11.6 Å². The number of H-pyrrole nitrogens is 1. The van der Waals surface area contributed by atoms with Crippen LogP contribution in [0.2, 0.25) is 5.02 Å². The lowest BCUT2D eigenvalue weighted by atomic mass is 9.96. The highest BCUT2D eigenvalue weighted by atomic mass is 35.5. The summed E-state index contributed by atoms with van der Waals surface area (Å²) >= 11 is 6.33. The van der Waals surface area contributed by atoms with Gasteiger partial charge in [-0.1, -0.05) is 66.2 Å². The summed E-state index contributed by atoms with van der Waals surface area (Å²) in [6.07, 6.45) is 0.957. The van der Waals surface area contributed by atoms with Gasteiger partial charge in [0.25, 0.3) is 0 Å². The number of aryl methyl sites for hydroxylation is 1. The van der Waals surface area contributed by atoms with E-state index in [9.17, 15) is 4.79 Å². The van der Waals surface area contributed by atoms with Crippen molar-refractivity contribution in [2.45, 2.75) is 19.0 Å². The fourth-order valence-corrected chi connectivity index (χ4v) is 5.15.